The molecule has 128 valence electrons. The van der Waals surface area contributed by atoms with Gasteiger partial charge in [0.25, 0.3) is 0 Å². The predicted octanol–water partition coefficient (Wildman–Crippen LogP) is 4.00. The topological polar surface area (TPSA) is 55.1 Å². The van der Waals surface area contributed by atoms with Crippen molar-refractivity contribution in [2.45, 2.75) is 20.8 Å². The van der Waals surface area contributed by atoms with Crippen LogP contribution < -0.4 is 15.7 Å². The number of hydrogen-bond acceptors (Lipinski definition) is 3. The van der Waals surface area contributed by atoms with E-state index in [4.69, 9.17) is 15.1 Å². The number of nitrogens with two attached hydrogens (primary N) is 1. The van der Waals surface area contributed by atoms with E-state index in [1.807, 2.05) is 37.3 Å². The lowest BCUT2D eigenvalue weighted by atomic mass is 10.0. The molecular weight excluding hydrogens is 310 g/mol. The minimum Gasteiger partial charge on any atom is -0.452 e. The maximum Gasteiger partial charge on any atom is 0.203 e. The standard InChI is InChI=1S/C21H23N3O/c1-5-9-16-15(6-2)21-20(13-17(16)22)25-19-12-14(24(7-3)8-4)10-11-18(19)23-21/h5-6,9-13,22H,2,7-8H2,1,3-4H3/p+1/b9-5-. The van der Waals surface area contributed by atoms with Crippen molar-refractivity contribution < 1.29 is 4.42 Å². The van der Waals surface area contributed by atoms with Gasteiger partial charge >= 0.3 is 0 Å². The first kappa shape index (κ1) is 17.0. The summed E-state index contributed by atoms with van der Waals surface area (Å²) in [6, 6.07) is 7.97. The number of hydrogen-bond donors (Lipinski definition) is 1. The summed E-state index contributed by atoms with van der Waals surface area (Å²) in [5.41, 5.74) is 11.0. The Hall–Kier alpha value is -2.88. The first-order chi connectivity index (χ1) is 12.1. The molecule has 1 aliphatic carbocycles. The second kappa shape index (κ2) is 6.93. The van der Waals surface area contributed by atoms with Gasteiger partial charge in [-0.05, 0) is 26.8 Å². The molecule has 3 rings (SSSR count). The molecule has 0 spiro atoms. The SMILES string of the molecule is C=Cc1c(/C=C\C)c(N)cc2oc3cc(=[N+](CC)CC)ccc-3nc12. The average Bonchev–Trinajstić information content (AvgIpc) is 2.62. The van der Waals surface area contributed by atoms with Crippen molar-refractivity contribution in [3.05, 3.63) is 53.4 Å². The minimum absolute atomic E-state index is 0.658. The Morgan fingerprint density at radius 1 is 1.20 bits per heavy atom. The highest BCUT2D eigenvalue weighted by Crippen LogP contribution is 2.32. The van der Waals surface area contributed by atoms with Crippen LogP contribution in [0.4, 0.5) is 5.69 Å². The summed E-state index contributed by atoms with van der Waals surface area (Å²) < 4.78 is 8.42. The fourth-order valence-corrected chi connectivity index (χ4v) is 3.16. The second-order valence-electron chi connectivity index (χ2n) is 5.88. The lowest BCUT2D eigenvalue weighted by Gasteiger charge is -2.12. The number of benzene rings is 2. The van der Waals surface area contributed by atoms with E-state index in [1.165, 1.54) is 0 Å². The maximum absolute atomic E-state index is 6.22. The molecule has 1 heterocycles. The van der Waals surface area contributed by atoms with Crippen LogP contribution in [0.2, 0.25) is 0 Å². The average molecular weight is 334 g/mol. The number of rotatable bonds is 4. The monoisotopic (exact) mass is 334 g/mol. The maximum atomic E-state index is 6.22. The van der Waals surface area contributed by atoms with Gasteiger partial charge in [0, 0.05) is 28.9 Å². The van der Waals surface area contributed by atoms with Gasteiger partial charge in [-0.15, -0.1) is 0 Å². The molecule has 0 amide bonds. The van der Waals surface area contributed by atoms with Crippen LogP contribution in [-0.2, 0) is 0 Å². The molecule has 0 atom stereocenters. The Balaban J connectivity index is 2.38. The minimum atomic E-state index is 0.658. The van der Waals surface area contributed by atoms with Crippen LogP contribution in [0.5, 0.6) is 0 Å². The van der Waals surface area contributed by atoms with E-state index in [-0.39, 0.29) is 0 Å². The highest BCUT2D eigenvalue weighted by atomic mass is 16.3. The zero-order valence-corrected chi connectivity index (χ0v) is 15.0. The van der Waals surface area contributed by atoms with E-state index < -0.39 is 0 Å². The van der Waals surface area contributed by atoms with E-state index >= 15 is 0 Å². The Labute approximate surface area is 148 Å². The van der Waals surface area contributed by atoms with Gasteiger partial charge in [0.2, 0.25) is 5.36 Å². The zero-order valence-electron chi connectivity index (χ0n) is 15.0. The van der Waals surface area contributed by atoms with Crippen molar-refractivity contribution in [1.82, 2.24) is 9.56 Å². The molecule has 2 N–H and O–H groups in total. The molecule has 0 unspecified atom stereocenters. The number of allylic oxidation sites excluding steroid dienone is 1. The van der Waals surface area contributed by atoms with Gasteiger partial charge < -0.3 is 10.2 Å². The molecule has 0 aromatic heterocycles. The summed E-state index contributed by atoms with van der Waals surface area (Å²) in [5, 5.41) is 1.13. The first-order valence-corrected chi connectivity index (χ1v) is 8.63. The van der Waals surface area contributed by atoms with Crippen molar-refractivity contribution in [1.29, 1.82) is 0 Å². The van der Waals surface area contributed by atoms with Gasteiger partial charge in [0.05, 0.1) is 6.07 Å². The summed E-state index contributed by atoms with van der Waals surface area (Å²) in [6.45, 7) is 12.1. The predicted molar refractivity (Wildman–Crippen MR) is 106 cm³/mol. The van der Waals surface area contributed by atoms with Crippen molar-refractivity contribution in [2.24, 2.45) is 0 Å². The highest BCUT2D eigenvalue weighted by Gasteiger charge is 2.16. The molecule has 0 saturated heterocycles. The molecule has 1 aliphatic heterocycles. The first-order valence-electron chi connectivity index (χ1n) is 8.63. The molecular formula is C21H24N3O+. The van der Waals surface area contributed by atoms with Gasteiger partial charge in [-0.1, -0.05) is 24.8 Å². The van der Waals surface area contributed by atoms with Gasteiger partial charge in [0.1, 0.15) is 24.3 Å². The van der Waals surface area contributed by atoms with Crippen molar-refractivity contribution in [2.75, 3.05) is 18.8 Å². The van der Waals surface area contributed by atoms with Crippen LogP contribution >= 0.6 is 0 Å². The molecule has 2 aliphatic rings. The molecule has 1 aromatic rings. The van der Waals surface area contributed by atoms with Gasteiger partial charge in [-0.25, -0.2) is 9.56 Å². The number of nitrogens with zero attached hydrogens (tertiary/aromatic N) is 2. The van der Waals surface area contributed by atoms with E-state index in [9.17, 15) is 0 Å². The van der Waals surface area contributed by atoms with Gasteiger partial charge in [-0.2, -0.15) is 0 Å². The Morgan fingerprint density at radius 3 is 2.60 bits per heavy atom. The highest BCUT2D eigenvalue weighted by molar-refractivity contribution is 5.93. The molecule has 0 fully saturated rings. The third kappa shape index (κ3) is 2.95. The van der Waals surface area contributed by atoms with Crippen LogP contribution in [-0.4, -0.2) is 18.1 Å². The number of fused-ring (bicyclic) bond motifs is 2. The molecule has 25 heavy (non-hydrogen) atoms. The third-order valence-corrected chi connectivity index (χ3v) is 4.44. The van der Waals surface area contributed by atoms with Crippen molar-refractivity contribution in [3.8, 4) is 11.5 Å². The summed E-state index contributed by atoms with van der Waals surface area (Å²) in [7, 11) is 0. The summed E-state index contributed by atoms with van der Waals surface area (Å²) >= 11 is 0. The van der Waals surface area contributed by atoms with E-state index in [0.717, 1.165) is 46.5 Å². The molecule has 4 heteroatoms. The summed E-state index contributed by atoms with van der Waals surface area (Å²) in [5.74, 6) is 0.755. The van der Waals surface area contributed by atoms with Crippen LogP contribution in [0.15, 0.2) is 41.3 Å². The number of aromatic nitrogens is 1. The van der Waals surface area contributed by atoms with Gasteiger partial charge in [0.15, 0.2) is 11.3 Å². The van der Waals surface area contributed by atoms with Crippen LogP contribution in [0, 0.1) is 0 Å². The van der Waals surface area contributed by atoms with Crippen LogP contribution in [0.1, 0.15) is 31.9 Å². The van der Waals surface area contributed by atoms with Crippen molar-refractivity contribution >= 4 is 28.9 Å². The largest absolute Gasteiger partial charge is 0.452 e. The Morgan fingerprint density at radius 2 is 1.96 bits per heavy atom. The normalized spacial score (nSPS) is 11.5. The van der Waals surface area contributed by atoms with E-state index in [1.54, 1.807) is 6.08 Å². The fourth-order valence-electron chi connectivity index (χ4n) is 3.16. The second-order valence-corrected chi connectivity index (χ2v) is 5.88. The summed E-state index contributed by atoms with van der Waals surface area (Å²) in [4.78, 5) is 4.81. The Bertz CT molecular complexity index is 1010. The molecule has 0 saturated carbocycles. The van der Waals surface area contributed by atoms with Crippen LogP contribution in [0.25, 0.3) is 34.7 Å². The molecule has 1 aromatic carbocycles. The smallest absolute Gasteiger partial charge is 0.203 e. The van der Waals surface area contributed by atoms with Crippen molar-refractivity contribution in [3.63, 3.8) is 0 Å². The number of anilines is 1. The lowest BCUT2D eigenvalue weighted by molar-refractivity contribution is 0.600. The van der Waals surface area contributed by atoms with E-state index in [2.05, 4.69) is 31.1 Å². The van der Waals surface area contributed by atoms with Gasteiger partial charge in [-0.3, -0.25) is 0 Å². The summed E-state index contributed by atoms with van der Waals surface area (Å²) in [6.07, 6.45) is 5.72. The third-order valence-electron chi connectivity index (χ3n) is 4.44. The van der Waals surface area contributed by atoms with E-state index in [0.29, 0.717) is 11.3 Å². The fraction of sp³-hybridized carbons (Fsp3) is 0.238. The lowest BCUT2D eigenvalue weighted by Crippen LogP contribution is -2.29. The molecule has 0 radical (unpaired) electrons. The molecule has 0 bridgehead atoms. The van der Waals surface area contributed by atoms with Crippen LogP contribution in [0.3, 0.4) is 0 Å². The quantitative estimate of drug-likeness (QED) is 0.446. The Kier molecular flexibility index (Phi) is 4.70. The molecule has 4 nitrogen and oxygen atoms in total. The number of nitrogen functional groups attached to an aromatic ring is 1. The zero-order chi connectivity index (χ0) is 18.0.